The van der Waals surface area contributed by atoms with E-state index in [2.05, 4.69) is 36.4 Å². The number of aromatic nitrogens is 1. The van der Waals surface area contributed by atoms with E-state index in [1.54, 1.807) is 0 Å². The molecule has 1 heterocycles. The minimum atomic E-state index is 0.595. The average Bonchev–Trinajstić information content (AvgIpc) is 2.46. The Morgan fingerprint density at radius 2 is 2.06 bits per heavy atom. The predicted octanol–water partition coefficient (Wildman–Crippen LogP) is 3.43. The van der Waals surface area contributed by atoms with Crippen molar-refractivity contribution in [1.29, 1.82) is 0 Å². The maximum atomic E-state index is 4.45. The largest absolute Gasteiger partial charge is 0.316 e. The highest BCUT2D eigenvalue weighted by Crippen LogP contribution is 2.33. The Hall–Kier alpha value is -0.890. The van der Waals surface area contributed by atoms with E-state index in [-0.39, 0.29) is 0 Å². The second-order valence-corrected chi connectivity index (χ2v) is 5.61. The van der Waals surface area contributed by atoms with Crippen LogP contribution in [0.4, 0.5) is 0 Å². The number of pyridine rings is 1. The van der Waals surface area contributed by atoms with Crippen molar-refractivity contribution in [2.75, 3.05) is 7.05 Å². The van der Waals surface area contributed by atoms with E-state index >= 15 is 0 Å². The van der Waals surface area contributed by atoms with Crippen molar-refractivity contribution in [2.24, 2.45) is 11.8 Å². The van der Waals surface area contributed by atoms with E-state index in [1.165, 1.54) is 37.8 Å². The van der Waals surface area contributed by atoms with Gasteiger partial charge in [-0.3, -0.25) is 4.98 Å². The van der Waals surface area contributed by atoms with E-state index in [0.29, 0.717) is 6.04 Å². The highest BCUT2D eigenvalue weighted by Gasteiger charge is 2.26. The van der Waals surface area contributed by atoms with Crippen molar-refractivity contribution in [3.8, 4) is 0 Å². The molecule has 0 radical (unpaired) electrons. The lowest BCUT2D eigenvalue weighted by atomic mass is 9.76. The molecular formula is C16H26N2. The van der Waals surface area contributed by atoms with Crippen LogP contribution >= 0.6 is 0 Å². The number of nitrogens with zero attached hydrogens (tertiary/aromatic N) is 1. The number of hydrogen-bond donors (Lipinski definition) is 1. The lowest BCUT2D eigenvalue weighted by molar-refractivity contribution is 0.221. The standard InChI is InChI=1S/C16H26N2/c1-3-13-7-9-14(10-8-13)16(17-2)12-15-6-4-5-11-18-15/h4-6,11,13-14,16-17H,3,7-10,12H2,1-2H3. The summed E-state index contributed by atoms with van der Waals surface area (Å²) in [5, 5.41) is 3.51. The predicted molar refractivity (Wildman–Crippen MR) is 76.5 cm³/mol. The number of nitrogens with one attached hydrogen (secondary N) is 1. The lowest BCUT2D eigenvalue weighted by Crippen LogP contribution is -2.37. The molecule has 1 atom stereocenters. The molecule has 18 heavy (non-hydrogen) atoms. The van der Waals surface area contributed by atoms with Gasteiger partial charge in [-0.2, -0.15) is 0 Å². The van der Waals surface area contributed by atoms with Crippen LogP contribution in [0, 0.1) is 11.8 Å². The minimum Gasteiger partial charge on any atom is -0.316 e. The fraction of sp³-hybridized carbons (Fsp3) is 0.688. The average molecular weight is 246 g/mol. The molecule has 1 fully saturated rings. The van der Waals surface area contributed by atoms with Crippen molar-refractivity contribution < 1.29 is 0 Å². The summed E-state index contributed by atoms with van der Waals surface area (Å²) in [5.41, 5.74) is 1.22. The Labute approximate surface area is 111 Å². The van der Waals surface area contributed by atoms with Crippen LogP contribution in [0.5, 0.6) is 0 Å². The zero-order valence-electron chi connectivity index (χ0n) is 11.7. The second-order valence-electron chi connectivity index (χ2n) is 5.61. The Morgan fingerprint density at radius 3 is 2.61 bits per heavy atom. The van der Waals surface area contributed by atoms with Gasteiger partial charge in [0.1, 0.15) is 0 Å². The van der Waals surface area contributed by atoms with E-state index in [4.69, 9.17) is 0 Å². The summed E-state index contributed by atoms with van der Waals surface area (Å²) >= 11 is 0. The van der Waals surface area contributed by atoms with E-state index < -0.39 is 0 Å². The van der Waals surface area contributed by atoms with Crippen molar-refractivity contribution in [3.05, 3.63) is 30.1 Å². The van der Waals surface area contributed by atoms with Gasteiger partial charge in [-0.15, -0.1) is 0 Å². The van der Waals surface area contributed by atoms with Crippen LogP contribution in [0.3, 0.4) is 0 Å². The molecule has 2 rings (SSSR count). The zero-order valence-corrected chi connectivity index (χ0v) is 11.7. The van der Waals surface area contributed by atoms with E-state index in [0.717, 1.165) is 18.3 Å². The molecule has 1 aromatic rings. The molecule has 0 saturated heterocycles. The molecule has 0 amide bonds. The van der Waals surface area contributed by atoms with Gasteiger partial charge in [0.2, 0.25) is 0 Å². The van der Waals surface area contributed by atoms with Crippen LogP contribution in [-0.2, 0) is 6.42 Å². The zero-order chi connectivity index (χ0) is 12.8. The van der Waals surface area contributed by atoms with Crippen LogP contribution in [0.15, 0.2) is 24.4 Å². The Bertz CT molecular complexity index is 328. The summed E-state index contributed by atoms with van der Waals surface area (Å²) < 4.78 is 0. The van der Waals surface area contributed by atoms with Gasteiger partial charge in [0.25, 0.3) is 0 Å². The first kappa shape index (κ1) is 13.5. The summed E-state index contributed by atoms with van der Waals surface area (Å²) in [6.07, 6.45) is 9.93. The smallest absolute Gasteiger partial charge is 0.0419 e. The molecule has 100 valence electrons. The molecule has 1 aromatic heterocycles. The van der Waals surface area contributed by atoms with Gasteiger partial charge in [-0.25, -0.2) is 0 Å². The summed E-state index contributed by atoms with van der Waals surface area (Å²) in [4.78, 5) is 4.45. The second kappa shape index (κ2) is 6.89. The minimum absolute atomic E-state index is 0.595. The number of likely N-dealkylation sites (N-methyl/N-ethyl adjacent to an activating group) is 1. The van der Waals surface area contributed by atoms with Gasteiger partial charge < -0.3 is 5.32 Å². The summed E-state index contributed by atoms with van der Waals surface area (Å²) in [5.74, 6) is 1.81. The van der Waals surface area contributed by atoms with Crippen LogP contribution in [0.25, 0.3) is 0 Å². The molecule has 1 aliphatic carbocycles. The van der Waals surface area contributed by atoms with Gasteiger partial charge in [-0.1, -0.05) is 32.3 Å². The Kier molecular flexibility index (Phi) is 5.18. The fourth-order valence-electron chi connectivity index (χ4n) is 3.25. The molecule has 1 aliphatic rings. The van der Waals surface area contributed by atoms with Crippen LogP contribution in [-0.4, -0.2) is 18.1 Å². The first-order valence-corrected chi connectivity index (χ1v) is 7.40. The summed E-state index contributed by atoms with van der Waals surface area (Å²) in [7, 11) is 2.10. The van der Waals surface area contributed by atoms with Gasteiger partial charge in [0.15, 0.2) is 0 Å². The molecule has 2 heteroatoms. The lowest BCUT2D eigenvalue weighted by Gasteiger charge is -2.33. The molecule has 1 unspecified atom stereocenters. The summed E-state index contributed by atoms with van der Waals surface area (Å²) in [6, 6.07) is 6.81. The quantitative estimate of drug-likeness (QED) is 0.861. The normalized spacial score (nSPS) is 25.9. The molecule has 0 aliphatic heterocycles. The Balaban J connectivity index is 1.89. The summed E-state index contributed by atoms with van der Waals surface area (Å²) in [6.45, 7) is 2.33. The third-order valence-electron chi connectivity index (χ3n) is 4.56. The maximum Gasteiger partial charge on any atom is 0.0419 e. The van der Waals surface area contributed by atoms with Gasteiger partial charge in [0.05, 0.1) is 0 Å². The molecule has 0 bridgehead atoms. The Morgan fingerprint density at radius 1 is 1.28 bits per heavy atom. The first-order valence-electron chi connectivity index (χ1n) is 7.40. The number of rotatable bonds is 5. The van der Waals surface area contributed by atoms with E-state index in [1.807, 2.05) is 12.3 Å². The number of hydrogen-bond acceptors (Lipinski definition) is 2. The molecule has 2 nitrogen and oxygen atoms in total. The van der Waals surface area contributed by atoms with Crippen molar-refractivity contribution in [2.45, 2.75) is 51.5 Å². The molecular weight excluding hydrogens is 220 g/mol. The van der Waals surface area contributed by atoms with Gasteiger partial charge in [-0.05, 0) is 43.9 Å². The molecule has 1 N–H and O–H groups in total. The van der Waals surface area contributed by atoms with Crippen molar-refractivity contribution >= 4 is 0 Å². The first-order chi connectivity index (χ1) is 8.83. The highest BCUT2D eigenvalue weighted by molar-refractivity contribution is 5.06. The fourth-order valence-corrected chi connectivity index (χ4v) is 3.25. The van der Waals surface area contributed by atoms with Gasteiger partial charge in [0, 0.05) is 24.4 Å². The third kappa shape index (κ3) is 3.55. The van der Waals surface area contributed by atoms with Gasteiger partial charge >= 0.3 is 0 Å². The molecule has 0 spiro atoms. The van der Waals surface area contributed by atoms with Crippen LogP contribution in [0.1, 0.15) is 44.7 Å². The monoisotopic (exact) mass is 246 g/mol. The molecule has 1 saturated carbocycles. The van der Waals surface area contributed by atoms with Crippen molar-refractivity contribution in [1.82, 2.24) is 10.3 Å². The van der Waals surface area contributed by atoms with E-state index in [9.17, 15) is 0 Å². The molecule has 0 aromatic carbocycles. The van der Waals surface area contributed by atoms with Crippen molar-refractivity contribution in [3.63, 3.8) is 0 Å². The highest BCUT2D eigenvalue weighted by atomic mass is 14.9. The topological polar surface area (TPSA) is 24.9 Å². The SMILES string of the molecule is CCC1CCC(C(Cc2ccccn2)NC)CC1. The van der Waals surface area contributed by atoms with Crippen LogP contribution in [0.2, 0.25) is 0 Å². The van der Waals surface area contributed by atoms with Crippen LogP contribution < -0.4 is 5.32 Å². The maximum absolute atomic E-state index is 4.45. The third-order valence-corrected chi connectivity index (χ3v) is 4.56.